The second-order valence-corrected chi connectivity index (χ2v) is 9.29. The number of anilines is 1. The van der Waals surface area contributed by atoms with Gasteiger partial charge in [0.2, 0.25) is 15.9 Å². The lowest BCUT2D eigenvalue weighted by Gasteiger charge is -2.19. The molecule has 32 heavy (non-hydrogen) atoms. The SMILES string of the molecule is CNS(=O)(=O)c1cc(C(=O)N(C)CC(=O)Nc2ccc(Cl)c(C(F)(F)F)c2)cc(C)c1C. The number of nitrogens with one attached hydrogen (secondary N) is 2. The number of sulfonamides is 1. The van der Waals surface area contributed by atoms with E-state index in [2.05, 4.69) is 10.0 Å². The van der Waals surface area contributed by atoms with Crippen LogP contribution in [-0.4, -0.2) is 45.8 Å². The summed E-state index contributed by atoms with van der Waals surface area (Å²) in [5.74, 6) is -1.38. The average Bonchev–Trinajstić information content (AvgIpc) is 2.69. The topological polar surface area (TPSA) is 95.6 Å². The van der Waals surface area contributed by atoms with Crippen molar-refractivity contribution in [2.45, 2.75) is 24.9 Å². The molecular weight excluding hydrogens is 471 g/mol. The zero-order valence-electron chi connectivity index (χ0n) is 17.6. The fourth-order valence-corrected chi connectivity index (χ4v) is 4.16. The minimum absolute atomic E-state index is 0.0445. The smallest absolute Gasteiger partial charge is 0.332 e. The number of benzene rings is 2. The number of nitrogens with zero attached hydrogens (tertiary/aromatic N) is 1. The van der Waals surface area contributed by atoms with Crippen LogP contribution in [0.5, 0.6) is 0 Å². The summed E-state index contributed by atoms with van der Waals surface area (Å²) in [5, 5.41) is 1.78. The molecule has 2 rings (SSSR count). The number of hydrogen-bond acceptors (Lipinski definition) is 4. The second kappa shape index (κ2) is 9.47. The molecule has 0 aliphatic rings. The Kier molecular flexibility index (Phi) is 7.59. The molecule has 0 fully saturated rings. The third-order valence-corrected chi connectivity index (χ3v) is 6.58. The zero-order chi connectivity index (χ0) is 24.4. The molecule has 0 unspecified atom stereocenters. The van der Waals surface area contributed by atoms with Gasteiger partial charge in [-0.05, 0) is 62.4 Å². The van der Waals surface area contributed by atoms with Crippen LogP contribution in [0.15, 0.2) is 35.2 Å². The molecule has 0 aliphatic heterocycles. The Balaban J connectivity index is 2.21. The van der Waals surface area contributed by atoms with Crippen LogP contribution < -0.4 is 10.0 Å². The Labute approximate surface area is 188 Å². The first-order valence-corrected chi connectivity index (χ1v) is 11.0. The van der Waals surface area contributed by atoms with Crippen LogP contribution in [0, 0.1) is 13.8 Å². The van der Waals surface area contributed by atoms with Gasteiger partial charge in [-0.2, -0.15) is 13.2 Å². The summed E-state index contributed by atoms with van der Waals surface area (Å²) in [6.07, 6.45) is -4.70. The van der Waals surface area contributed by atoms with Crippen LogP contribution in [0.1, 0.15) is 27.0 Å². The molecule has 0 radical (unpaired) electrons. The second-order valence-electron chi connectivity index (χ2n) is 7.03. The average molecular weight is 492 g/mol. The molecule has 0 heterocycles. The molecule has 0 aliphatic carbocycles. The number of likely N-dealkylation sites (N-methyl/N-ethyl adjacent to an activating group) is 1. The van der Waals surface area contributed by atoms with Gasteiger partial charge in [0.1, 0.15) is 0 Å². The molecule has 2 amide bonds. The van der Waals surface area contributed by atoms with E-state index in [0.29, 0.717) is 17.2 Å². The van der Waals surface area contributed by atoms with Gasteiger partial charge in [-0.3, -0.25) is 9.59 Å². The van der Waals surface area contributed by atoms with Crippen molar-refractivity contribution >= 4 is 39.1 Å². The fraction of sp³-hybridized carbons (Fsp3) is 0.300. The number of carbonyl (C=O) groups excluding carboxylic acids is 2. The molecule has 0 saturated carbocycles. The van der Waals surface area contributed by atoms with E-state index in [1.807, 2.05) is 0 Å². The number of rotatable bonds is 6. The predicted molar refractivity (Wildman–Crippen MR) is 114 cm³/mol. The molecular formula is C20H21ClF3N3O4S. The van der Waals surface area contributed by atoms with Crippen molar-refractivity contribution in [3.8, 4) is 0 Å². The number of alkyl halides is 3. The lowest BCUT2D eigenvalue weighted by Crippen LogP contribution is -2.35. The summed E-state index contributed by atoms with van der Waals surface area (Å²) in [6.45, 7) is 2.77. The highest BCUT2D eigenvalue weighted by Crippen LogP contribution is 2.36. The summed E-state index contributed by atoms with van der Waals surface area (Å²) < 4.78 is 65.6. The molecule has 0 aromatic heterocycles. The van der Waals surface area contributed by atoms with Gasteiger partial charge >= 0.3 is 6.18 Å². The lowest BCUT2D eigenvalue weighted by atomic mass is 10.1. The van der Waals surface area contributed by atoms with E-state index in [-0.39, 0.29) is 16.1 Å². The summed E-state index contributed by atoms with van der Waals surface area (Å²) in [5.41, 5.74) is -0.165. The van der Waals surface area contributed by atoms with Gasteiger partial charge in [0, 0.05) is 18.3 Å². The van der Waals surface area contributed by atoms with Crippen molar-refractivity contribution in [1.82, 2.24) is 9.62 Å². The Morgan fingerprint density at radius 1 is 1.12 bits per heavy atom. The fourth-order valence-electron chi connectivity index (χ4n) is 2.87. The first kappa shape index (κ1) is 25.6. The van der Waals surface area contributed by atoms with Crippen molar-refractivity contribution in [2.24, 2.45) is 0 Å². The zero-order valence-corrected chi connectivity index (χ0v) is 19.2. The largest absolute Gasteiger partial charge is 0.417 e. The highest BCUT2D eigenvalue weighted by Gasteiger charge is 2.33. The van der Waals surface area contributed by atoms with Crippen molar-refractivity contribution in [3.05, 3.63) is 57.6 Å². The third kappa shape index (κ3) is 5.78. The first-order chi connectivity index (χ1) is 14.7. The van der Waals surface area contributed by atoms with Gasteiger partial charge in [-0.25, -0.2) is 13.1 Å². The summed E-state index contributed by atoms with van der Waals surface area (Å²) in [4.78, 5) is 26.0. The molecule has 174 valence electrons. The summed E-state index contributed by atoms with van der Waals surface area (Å²) in [7, 11) is -1.26. The van der Waals surface area contributed by atoms with Crippen molar-refractivity contribution < 1.29 is 31.2 Å². The maximum atomic E-state index is 13.0. The van der Waals surface area contributed by atoms with Crippen LogP contribution in [0.25, 0.3) is 0 Å². The molecule has 0 bridgehead atoms. The third-order valence-electron chi connectivity index (χ3n) is 4.71. The molecule has 0 spiro atoms. The molecule has 0 saturated heterocycles. The van der Waals surface area contributed by atoms with Crippen LogP contribution in [-0.2, 0) is 21.0 Å². The maximum absolute atomic E-state index is 13.0. The van der Waals surface area contributed by atoms with Gasteiger partial charge < -0.3 is 10.2 Å². The first-order valence-electron chi connectivity index (χ1n) is 9.14. The van der Waals surface area contributed by atoms with Gasteiger partial charge in [-0.1, -0.05) is 11.6 Å². The minimum Gasteiger partial charge on any atom is -0.332 e. The van der Waals surface area contributed by atoms with Gasteiger partial charge in [-0.15, -0.1) is 0 Å². The molecule has 2 aromatic carbocycles. The molecule has 12 heteroatoms. The van der Waals surface area contributed by atoms with E-state index >= 15 is 0 Å². The predicted octanol–water partition coefficient (Wildman–Crippen LogP) is 3.59. The van der Waals surface area contributed by atoms with Gasteiger partial charge in [0.15, 0.2) is 0 Å². The monoisotopic (exact) mass is 491 g/mol. The minimum atomic E-state index is -4.70. The molecule has 2 aromatic rings. The Morgan fingerprint density at radius 3 is 2.31 bits per heavy atom. The Bertz CT molecular complexity index is 1170. The highest BCUT2D eigenvalue weighted by molar-refractivity contribution is 7.89. The van der Waals surface area contributed by atoms with Crippen LogP contribution >= 0.6 is 11.6 Å². The van der Waals surface area contributed by atoms with E-state index < -0.39 is 45.1 Å². The van der Waals surface area contributed by atoms with E-state index in [4.69, 9.17) is 11.6 Å². The van der Waals surface area contributed by atoms with Crippen molar-refractivity contribution in [3.63, 3.8) is 0 Å². The van der Waals surface area contributed by atoms with Gasteiger partial charge in [0.25, 0.3) is 5.91 Å². The lowest BCUT2D eigenvalue weighted by molar-refractivity contribution is -0.137. The van der Waals surface area contributed by atoms with Crippen LogP contribution in [0.3, 0.4) is 0 Å². The standard InChI is InChI=1S/C20H21ClF3N3O4S/c1-11-7-13(8-17(12(11)2)32(30,31)25-3)19(29)27(4)10-18(28)26-14-5-6-16(21)15(9-14)20(22,23)24/h5-9,25H,10H2,1-4H3,(H,26,28). The number of amides is 2. The van der Waals surface area contributed by atoms with Crippen LogP contribution in [0.4, 0.5) is 18.9 Å². The van der Waals surface area contributed by atoms with E-state index in [9.17, 15) is 31.2 Å². The Morgan fingerprint density at radius 2 is 1.75 bits per heavy atom. The number of halogens is 4. The summed E-state index contributed by atoms with van der Waals surface area (Å²) in [6, 6.07) is 5.61. The molecule has 0 atom stereocenters. The number of aryl methyl sites for hydroxylation is 1. The maximum Gasteiger partial charge on any atom is 0.417 e. The Hall–Kier alpha value is -2.63. The number of hydrogen-bond donors (Lipinski definition) is 2. The summed E-state index contributed by atoms with van der Waals surface area (Å²) >= 11 is 5.56. The van der Waals surface area contributed by atoms with Gasteiger partial charge in [0.05, 0.1) is 22.0 Å². The quantitative estimate of drug-likeness (QED) is 0.645. The van der Waals surface area contributed by atoms with Crippen molar-refractivity contribution in [1.29, 1.82) is 0 Å². The van der Waals surface area contributed by atoms with Crippen molar-refractivity contribution in [2.75, 3.05) is 26.0 Å². The number of carbonyl (C=O) groups is 2. The molecule has 7 nitrogen and oxygen atoms in total. The molecule has 2 N–H and O–H groups in total. The highest BCUT2D eigenvalue weighted by atomic mass is 35.5. The van der Waals surface area contributed by atoms with E-state index in [1.54, 1.807) is 13.8 Å². The van der Waals surface area contributed by atoms with Crippen LogP contribution in [0.2, 0.25) is 5.02 Å². The normalized spacial score (nSPS) is 11.9. The van der Waals surface area contributed by atoms with E-state index in [1.165, 1.54) is 32.3 Å². The van der Waals surface area contributed by atoms with E-state index in [0.717, 1.165) is 11.0 Å².